The molecule has 2 N–H and O–H groups in total. The fourth-order valence-electron chi connectivity index (χ4n) is 4.31. The maximum atomic E-state index is 14.4. The van der Waals surface area contributed by atoms with Crippen LogP contribution in [0.25, 0.3) is 0 Å². The molecule has 2 aliphatic carbocycles. The van der Waals surface area contributed by atoms with Crippen LogP contribution in [0.3, 0.4) is 0 Å². The van der Waals surface area contributed by atoms with Gasteiger partial charge in [0, 0.05) is 38.3 Å². The molecule has 0 bridgehead atoms. The quantitative estimate of drug-likeness (QED) is 0.778. The molecule has 0 spiro atoms. The lowest BCUT2D eigenvalue weighted by Gasteiger charge is -2.41. The minimum absolute atomic E-state index is 0.112. The van der Waals surface area contributed by atoms with Gasteiger partial charge in [0.15, 0.2) is 0 Å². The number of amides is 4. The van der Waals surface area contributed by atoms with Crippen LogP contribution in [-0.2, 0) is 6.54 Å². The van der Waals surface area contributed by atoms with Gasteiger partial charge in [-0.1, -0.05) is 12.1 Å². The number of nitriles is 1. The zero-order chi connectivity index (χ0) is 21.3. The molecule has 30 heavy (non-hydrogen) atoms. The van der Waals surface area contributed by atoms with Crippen molar-refractivity contribution >= 4 is 12.1 Å². The van der Waals surface area contributed by atoms with Gasteiger partial charge in [0.1, 0.15) is 5.82 Å². The molecule has 1 aromatic rings. The van der Waals surface area contributed by atoms with E-state index in [-0.39, 0.29) is 42.4 Å². The highest BCUT2D eigenvalue weighted by atomic mass is 19.1. The number of likely N-dealkylation sites (tertiary alicyclic amines) is 1. The molecule has 160 valence electrons. The number of nitrogens with zero attached hydrogens (tertiary/aromatic N) is 3. The zero-order valence-corrected chi connectivity index (χ0v) is 17.2. The van der Waals surface area contributed by atoms with Crippen LogP contribution in [-0.4, -0.2) is 54.1 Å². The largest absolute Gasteiger partial charge is 0.341 e. The van der Waals surface area contributed by atoms with E-state index in [0.717, 1.165) is 31.2 Å². The second-order valence-electron chi connectivity index (χ2n) is 8.60. The van der Waals surface area contributed by atoms with Crippen LogP contribution >= 0.6 is 0 Å². The van der Waals surface area contributed by atoms with Gasteiger partial charge < -0.3 is 20.4 Å². The molecule has 0 aromatic heterocycles. The summed E-state index contributed by atoms with van der Waals surface area (Å²) in [6.45, 7) is 0.879. The molecular weight excluding hydrogens is 385 g/mol. The molecule has 8 heteroatoms. The van der Waals surface area contributed by atoms with Gasteiger partial charge in [0.2, 0.25) is 0 Å². The maximum absolute atomic E-state index is 14.4. The number of halogens is 1. The molecule has 4 amide bonds. The summed E-state index contributed by atoms with van der Waals surface area (Å²) in [5.74, 6) is -0.121. The van der Waals surface area contributed by atoms with Crippen molar-refractivity contribution in [1.29, 1.82) is 5.26 Å². The fourth-order valence-corrected chi connectivity index (χ4v) is 4.31. The first kappa shape index (κ1) is 20.5. The number of hydrogen-bond donors (Lipinski definition) is 2. The summed E-state index contributed by atoms with van der Waals surface area (Å²) in [7, 11) is 1.56. The topological polar surface area (TPSA) is 88.5 Å². The van der Waals surface area contributed by atoms with Crippen LogP contribution in [0.2, 0.25) is 0 Å². The van der Waals surface area contributed by atoms with Gasteiger partial charge >= 0.3 is 12.1 Å². The van der Waals surface area contributed by atoms with Gasteiger partial charge in [-0.05, 0) is 49.7 Å². The second kappa shape index (κ2) is 8.50. The molecule has 1 heterocycles. The summed E-state index contributed by atoms with van der Waals surface area (Å²) in [6.07, 6.45) is 4.59. The third-order valence-electron chi connectivity index (χ3n) is 6.24. The van der Waals surface area contributed by atoms with Crippen molar-refractivity contribution in [1.82, 2.24) is 20.4 Å². The van der Waals surface area contributed by atoms with Crippen molar-refractivity contribution in [2.24, 2.45) is 5.92 Å². The molecule has 1 aliphatic heterocycles. The molecule has 3 fully saturated rings. The first-order valence-corrected chi connectivity index (χ1v) is 10.7. The van der Waals surface area contributed by atoms with E-state index in [9.17, 15) is 19.2 Å². The molecular formula is C22H28FN5O2. The van der Waals surface area contributed by atoms with Gasteiger partial charge in [-0.2, -0.15) is 5.26 Å². The summed E-state index contributed by atoms with van der Waals surface area (Å²) in [5, 5.41) is 14.9. The Morgan fingerprint density at radius 3 is 2.60 bits per heavy atom. The predicted octanol–water partition coefficient (Wildman–Crippen LogP) is 2.93. The normalized spacial score (nSPS) is 23.4. The van der Waals surface area contributed by atoms with Crippen molar-refractivity contribution in [2.45, 2.75) is 56.7 Å². The van der Waals surface area contributed by atoms with E-state index in [4.69, 9.17) is 0 Å². The van der Waals surface area contributed by atoms with Gasteiger partial charge in [0.25, 0.3) is 0 Å². The van der Waals surface area contributed by atoms with Crippen LogP contribution in [0.15, 0.2) is 18.2 Å². The highest BCUT2D eigenvalue weighted by molar-refractivity contribution is 5.76. The first-order chi connectivity index (χ1) is 14.5. The predicted molar refractivity (Wildman–Crippen MR) is 109 cm³/mol. The van der Waals surface area contributed by atoms with Gasteiger partial charge in [0.05, 0.1) is 18.0 Å². The van der Waals surface area contributed by atoms with E-state index in [0.29, 0.717) is 31.0 Å². The monoisotopic (exact) mass is 413 g/mol. The SMILES string of the molecule is CNC(=O)N1CC(C#N)CC(N(C(=O)NCc2ccc(C3CC3)cc2F)C2CC2)C1. The number of carbonyl (C=O) groups excluding carboxylic acids is 2. The molecule has 2 saturated carbocycles. The number of rotatable bonds is 5. The number of urea groups is 2. The van der Waals surface area contributed by atoms with E-state index in [1.165, 1.54) is 0 Å². The minimum Gasteiger partial charge on any atom is -0.341 e. The smallest absolute Gasteiger partial charge is 0.318 e. The Morgan fingerprint density at radius 2 is 2.00 bits per heavy atom. The Balaban J connectivity index is 1.42. The molecule has 4 rings (SSSR count). The maximum Gasteiger partial charge on any atom is 0.318 e. The summed E-state index contributed by atoms with van der Waals surface area (Å²) in [5.41, 5.74) is 1.50. The number of benzene rings is 1. The zero-order valence-electron chi connectivity index (χ0n) is 17.2. The van der Waals surface area contributed by atoms with Crippen LogP contribution < -0.4 is 10.6 Å². The molecule has 2 atom stereocenters. The summed E-state index contributed by atoms with van der Waals surface area (Å²) < 4.78 is 14.4. The van der Waals surface area contributed by atoms with Crippen LogP contribution in [0.1, 0.15) is 49.1 Å². The third-order valence-corrected chi connectivity index (χ3v) is 6.24. The summed E-state index contributed by atoms with van der Waals surface area (Å²) in [6, 6.07) is 6.91. The number of carbonyl (C=O) groups is 2. The van der Waals surface area contributed by atoms with E-state index >= 15 is 0 Å². The third kappa shape index (κ3) is 4.50. The Kier molecular flexibility index (Phi) is 5.80. The fraction of sp³-hybridized carbons (Fsp3) is 0.591. The Labute approximate surface area is 176 Å². The number of hydrogen-bond acceptors (Lipinski definition) is 3. The van der Waals surface area contributed by atoms with Crippen molar-refractivity contribution in [3.63, 3.8) is 0 Å². The molecule has 1 saturated heterocycles. The van der Waals surface area contributed by atoms with Crippen molar-refractivity contribution < 1.29 is 14.0 Å². The summed E-state index contributed by atoms with van der Waals surface area (Å²) >= 11 is 0. The standard InChI is InChI=1S/C22H28FN5O2/c1-25-21(29)27-12-14(10-24)8-19(13-27)28(18-6-7-18)22(30)26-11-17-5-4-16(9-20(17)23)15-2-3-15/h4-5,9,14-15,18-19H,2-3,6-8,11-13H2,1H3,(H,25,29)(H,26,30). The Hall–Kier alpha value is -2.82. The van der Waals surface area contributed by atoms with Gasteiger partial charge in [-0.3, -0.25) is 0 Å². The van der Waals surface area contributed by atoms with Crippen LogP contribution in [0.5, 0.6) is 0 Å². The highest BCUT2D eigenvalue weighted by Gasteiger charge is 2.42. The van der Waals surface area contributed by atoms with Gasteiger partial charge in [-0.25, -0.2) is 14.0 Å². The van der Waals surface area contributed by atoms with Gasteiger partial charge in [-0.15, -0.1) is 0 Å². The highest BCUT2D eigenvalue weighted by Crippen LogP contribution is 2.40. The van der Waals surface area contributed by atoms with E-state index in [1.54, 1.807) is 29.0 Å². The molecule has 7 nitrogen and oxygen atoms in total. The average molecular weight is 413 g/mol. The summed E-state index contributed by atoms with van der Waals surface area (Å²) in [4.78, 5) is 28.5. The molecule has 0 radical (unpaired) electrons. The number of piperidine rings is 1. The van der Waals surface area contributed by atoms with Crippen LogP contribution in [0, 0.1) is 23.1 Å². The Morgan fingerprint density at radius 1 is 1.23 bits per heavy atom. The van der Waals surface area contributed by atoms with E-state index in [2.05, 4.69) is 16.7 Å². The minimum atomic E-state index is -0.317. The van der Waals surface area contributed by atoms with Crippen molar-refractivity contribution in [2.75, 3.05) is 20.1 Å². The molecule has 2 unspecified atom stereocenters. The lowest BCUT2D eigenvalue weighted by Crippen LogP contribution is -2.57. The van der Waals surface area contributed by atoms with Crippen molar-refractivity contribution in [3.8, 4) is 6.07 Å². The Bertz CT molecular complexity index is 862. The molecule has 1 aromatic carbocycles. The second-order valence-corrected chi connectivity index (χ2v) is 8.60. The van der Waals surface area contributed by atoms with E-state index in [1.807, 2.05) is 6.07 Å². The first-order valence-electron chi connectivity index (χ1n) is 10.7. The van der Waals surface area contributed by atoms with Crippen molar-refractivity contribution in [3.05, 3.63) is 35.1 Å². The lowest BCUT2D eigenvalue weighted by molar-refractivity contribution is 0.103. The average Bonchev–Trinajstić information content (AvgIpc) is 3.65. The lowest BCUT2D eigenvalue weighted by atomic mass is 9.94. The van der Waals surface area contributed by atoms with E-state index < -0.39 is 0 Å². The molecule has 3 aliphatic rings. The number of nitrogens with one attached hydrogen (secondary N) is 2. The van der Waals surface area contributed by atoms with Crippen LogP contribution in [0.4, 0.5) is 14.0 Å².